The zero-order chi connectivity index (χ0) is 10.3. The van der Waals surface area contributed by atoms with Gasteiger partial charge in [-0.05, 0) is 18.6 Å². The van der Waals surface area contributed by atoms with Crippen LogP contribution in [0.15, 0.2) is 24.4 Å². The monoisotopic (exact) mass is 200 g/mol. The van der Waals surface area contributed by atoms with Crippen molar-refractivity contribution < 1.29 is 4.74 Å². The number of benzene rings is 1. The summed E-state index contributed by atoms with van der Waals surface area (Å²) in [7, 11) is 0. The van der Waals surface area contributed by atoms with Crippen molar-refractivity contribution in [2.45, 2.75) is 12.8 Å². The first-order valence-electron chi connectivity index (χ1n) is 5.14. The summed E-state index contributed by atoms with van der Waals surface area (Å²) in [6.45, 7) is 3.60. The highest BCUT2D eigenvalue weighted by atomic mass is 16.5. The molecule has 0 amide bonds. The summed E-state index contributed by atoms with van der Waals surface area (Å²) in [6.07, 6.45) is 1.90. The molecule has 1 aliphatic heterocycles. The van der Waals surface area contributed by atoms with Crippen LogP contribution in [0.1, 0.15) is 17.3 Å². The van der Waals surface area contributed by atoms with E-state index in [1.807, 2.05) is 6.20 Å². The van der Waals surface area contributed by atoms with E-state index in [9.17, 15) is 0 Å². The summed E-state index contributed by atoms with van der Waals surface area (Å²) in [4.78, 5) is 8.93. The van der Waals surface area contributed by atoms with Gasteiger partial charge in [0.05, 0.1) is 24.6 Å². The number of nitrogens with zero attached hydrogens (tertiary/aromatic N) is 2. The lowest BCUT2D eigenvalue weighted by Gasteiger charge is -2.24. The second-order valence-electron chi connectivity index (χ2n) is 4.02. The summed E-state index contributed by atoms with van der Waals surface area (Å²) in [5.41, 5.74) is 2.27. The Hall–Kier alpha value is -1.48. The molecule has 0 radical (unpaired) electrons. The van der Waals surface area contributed by atoms with E-state index in [4.69, 9.17) is 4.74 Å². The Morgan fingerprint density at radius 2 is 2.20 bits per heavy atom. The Morgan fingerprint density at radius 1 is 1.33 bits per heavy atom. The van der Waals surface area contributed by atoms with Gasteiger partial charge in [0.2, 0.25) is 0 Å². The van der Waals surface area contributed by atoms with E-state index in [0.29, 0.717) is 5.92 Å². The first kappa shape index (κ1) is 8.80. The third-order valence-corrected chi connectivity index (χ3v) is 2.76. The van der Waals surface area contributed by atoms with E-state index < -0.39 is 0 Å². The zero-order valence-corrected chi connectivity index (χ0v) is 8.60. The standard InChI is InChI=1S/C12H12N2O/c1-8-2-3-9-5-13-12(10-6-15-7-10)14-11(9)4-8/h2-5,10H,6-7H2,1H3. The van der Waals surface area contributed by atoms with Gasteiger partial charge in [-0.3, -0.25) is 0 Å². The molecule has 1 fully saturated rings. The average Bonchev–Trinajstić information content (AvgIpc) is 2.14. The van der Waals surface area contributed by atoms with E-state index in [1.54, 1.807) is 0 Å². The Bertz CT molecular complexity index is 506. The van der Waals surface area contributed by atoms with Crippen LogP contribution in [-0.4, -0.2) is 23.2 Å². The Kier molecular flexibility index (Phi) is 1.92. The molecule has 76 valence electrons. The smallest absolute Gasteiger partial charge is 0.136 e. The molecule has 1 saturated heterocycles. The molecular weight excluding hydrogens is 188 g/mol. The fourth-order valence-corrected chi connectivity index (χ4v) is 1.73. The molecule has 15 heavy (non-hydrogen) atoms. The lowest BCUT2D eigenvalue weighted by molar-refractivity contribution is 0.00499. The summed E-state index contributed by atoms with van der Waals surface area (Å²) in [6, 6.07) is 6.24. The van der Waals surface area contributed by atoms with E-state index in [-0.39, 0.29) is 0 Å². The molecule has 0 spiro atoms. The number of aryl methyl sites for hydroxylation is 1. The van der Waals surface area contributed by atoms with Crippen LogP contribution < -0.4 is 0 Å². The van der Waals surface area contributed by atoms with Crippen LogP contribution in [0.4, 0.5) is 0 Å². The van der Waals surface area contributed by atoms with Crippen molar-refractivity contribution in [1.29, 1.82) is 0 Å². The van der Waals surface area contributed by atoms with Gasteiger partial charge in [-0.1, -0.05) is 12.1 Å². The summed E-state index contributed by atoms with van der Waals surface area (Å²) in [5, 5.41) is 1.10. The summed E-state index contributed by atoms with van der Waals surface area (Å²) < 4.78 is 5.15. The van der Waals surface area contributed by atoms with Gasteiger partial charge in [0.15, 0.2) is 0 Å². The van der Waals surface area contributed by atoms with Crippen LogP contribution in [-0.2, 0) is 4.74 Å². The second kappa shape index (κ2) is 3.28. The average molecular weight is 200 g/mol. The van der Waals surface area contributed by atoms with Crippen molar-refractivity contribution in [1.82, 2.24) is 9.97 Å². The third-order valence-electron chi connectivity index (χ3n) is 2.76. The van der Waals surface area contributed by atoms with Crippen molar-refractivity contribution in [2.24, 2.45) is 0 Å². The second-order valence-corrected chi connectivity index (χ2v) is 4.02. The molecule has 3 heteroatoms. The molecule has 0 aliphatic carbocycles. The number of fused-ring (bicyclic) bond motifs is 1. The number of hydrogen-bond donors (Lipinski definition) is 0. The molecule has 2 heterocycles. The van der Waals surface area contributed by atoms with Crippen LogP contribution in [0, 0.1) is 6.92 Å². The molecule has 1 aromatic heterocycles. The highest BCUT2D eigenvalue weighted by molar-refractivity contribution is 5.78. The van der Waals surface area contributed by atoms with E-state index in [1.165, 1.54) is 5.56 Å². The van der Waals surface area contributed by atoms with Crippen LogP contribution in [0.2, 0.25) is 0 Å². The largest absolute Gasteiger partial charge is 0.380 e. The van der Waals surface area contributed by atoms with Crippen molar-refractivity contribution >= 4 is 10.9 Å². The van der Waals surface area contributed by atoms with Gasteiger partial charge < -0.3 is 4.74 Å². The molecule has 0 atom stereocenters. The first-order valence-corrected chi connectivity index (χ1v) is 5.14. The quantitative estimate of drug-likeness (QED) is 0.706. The van der Waals surface area contributed by atoms with E-state index in [2.05, 4.69) is 35.1 Å². The van der Waals surface area contributed by atoms with E-state index >= 15 is 0 Å². The normalized spacial score (nSPS) is 16.6. The Balaban J connectivity index is 2.11. The number of rotatable bonds is 1. The van der Waals surface area contributed by atoms with Crippen molar-refractivity contribution in [3.63, 3.8) is 0 Å². The SMILES string of the molecule is Cc1ccc2cnc(C3COC3)nc2c1. The molecule has 3 nitrogen and oxygen atoms in total. The zero-order valence-electron chi connectivity index (χ0n) is 8.60. The maximum Gasteiger partial charge on any atom is 0.136 e. The maximum absolute atomic E-state index is 5.15. The molecule has 0 unspecified atom stereocenters. The van der Waals surface area contributed by atoms with Crippen molar-refractivity contribution in [3.05, 3.63) is 35.8 Å². The van der Waals surface area contributed by atoms with Gasteiger partial charge in [-0.15, -0.1) is 0 Å². The van der Waals surface area contributed by atoms with Gasteiger partial charge >= 0.3 is 0 Å². The van der Waals surface area contributed by atoms with Gasteiger partial charge in [-0.2, -0.15) is 0 Å². The van der Waals surface area contributed by atoms with Gasteiger partial charge in [0, 0.05) is 11.6 Å². The Morgan fingerprint density at radius 3 is 2.93 bits per heavy atom. The maximum atomic E-state index is 5.15. The minimum atomic E-state index is 0.398. The lowest BCUT2D eigenvalue weighted by atomic mass is 10.1. The highest BCUT2D eigenvalue weighted by Gasteiger charge is 2.23. The molecule has 1 aromatic carbocycles. The predicted molar refractivity (Wildman–Crippen MR) is 57.8 cm³/mol. The van der Waals surface area contributed by atoms with Crippen LogP contribution in [0.3, 0.4) is 0 Å². The topological polar surface area (TPSA) is 35.0 Å². The molecule has 1 aliphatic rings. The van der Waals surface area contributed by atoms with E-state index in [0.717, 1.165) is 29.9 Å². The number of aromatic nitrogens is 2. The van der Waals surface area contributed by atoms with Gasteiger partial charge in [-0.25, -0.2) is 9.97 Å². The highest BCUT2D eigenvalue weighted by Crippen LogP contribution is 2.22. The third kappa shape index (κ3) is 1.49. The lowest BCUT2D eigenvalue weighted by Crippen LogP contribution is -2.26. The van der Waals surface area contributed by atoms with Crippen molar-refractivity contribution in [2.75, 3.05) is 13.2 Å². The van der Waals surface area contributed by atoms with Gasteiger partial charge in [0.1, 0.15) is 5.82 Å². The van der Waals surface area contributed by atoms with Gasteiger partial charge in [0.25, 0.3) is 0 Å². The molecule has 0 N–H and O–H groups in total. The summed E-state index contributed by atoms with van der Waals surface area (Å²) >= 11 is 0. The molecule has 0 bridgehead atoms. The molecule has 0 saturated carbocycles. The minimum Gasteiger partial charge on any atom is -0.380 e. The van der Waals surface area contributed by atoms with Crippen LogP contribution >= 0.6 is 0 Å². The molecular formula is C12H12N2O. The summed E-state index contributed by atoms with van der Waals surface area (Å²) in [5.74, 6) is 1.31. The predicted octanol–water partition coefficient (Wildman–Crippen LogP) is 2.05. The fraction of sp³-hybridized carbons (Fsp3) is 0.333. The number of ether oxygens (including phenoxy) is 1. The minimum absolute atomic E-state index is 0.398. The first-order chi connectivity index (χ1) is 7.33. The van der Waals surface area contributed by atoms with Crippen molar-refractivity contribution in [3.8, 4) is 0 Å². The molecule has 3 rings (SSSR count). The number of hydrogen-bond acceptors (Lipinski definition) is 3. The molecule has 2 aromatic rings. The van der Waals surface area contributed by atoms with Crippen LogP contribution in [0.25, 0.3) is 10.9 Å². The fourth-order valence-electron chi connectivity index (χ4n) is 1.73. The van der Waals surface area contributed by atoms with Crippen LogP contribution in [0.5, 0.6) is 0 Å². The Labute approximate surface area is 88.1 Å².